The second kappa shape index (κ2) is 4.72. The maximum atomic E-state index is 11.3. The Kier molecular flexibility index (Phi) is 3.07. The van der Waals surface area contributed by atoms with E-state index < -0.39 is 10.8 Å². The number of aromatic nitrogens is 2. The quantitative estimate of drug-likeness (QED) is 0.900. The Morgan fingerprint density at radius 2 is 2.06 bits per heavy atom. The molecule has 96 valence electrons. The highest BCUT2D eigenvalue weighted by atomic mass is 32.2. The van der Waals surface area contributed by atoms with E-state index in [1.807, 2.05) is 25.2 Å². The molecule has 0 spiro atoms. The number of nitrogens with one attached hydrogen (secondary N) is 1. The van der Waals surface area contributed by atoms with E-state index in [1.165, 1.54) is 0 Å². The first-order valence-electron chi connectivity index (χ1n) is 6.27. The molecular weight excluding hydrogens is 246 g/mol. The van der Waals surface area contributed by atoms with E-state index in [0.29, 0.717) is 6.04 Å². The molecule has 0 aliphatic carbocycles. The molecule has 0 saturated carbocycles. The molecule has 1 saturated heterocycles. The Hall–Kier alpha value is -1.36. The molecular formula is C13H17N3OS. The summed E-state index contributed by atoms with van der Waals surface area (Å²) in [7, 11) is 1.42. The number of aryl methyl sites for hydroxylation is 1. The van der Waals surface area contributed by atoms with Crippen molar-refractivity contribution in [3.8, 4) is 0 Å². The zero-order valence-electron chi connectivity index (χ0n) is 10.4. The van der Waals surface area contributed by atoms with E-state index in [9.17, 15) is 4.21 Å². The van der Waals surface area contributed by atoms with Crippen LogP contribution in [0, 0.1) is 0 Å². The predicted molar refractivity (Wildman–Crippen MR) is 75.2 cm³/mol. The van der Waals surface area contributed by atoms with Crippen LogP contribution in [0.1, 0.15) is 12.8 Å². The van der Waals surface area contributed by atoms with Gasteiger partial charge >= 0.3 is 0 Å². The molecule has 18 heavy (non-hydrogen) atoms. The Morgan fingerprint density at radius 1 is 1.33 bits per heavy atom. The van der Waals surface area contributed by atoms with E-state index >= 15 is 0 Å². The Balaban J connectivity index is 1.82. The van der Waals surface area contributed by atoms with Gasteiger partial charge in [0.15, 0.2) is 0 Å². The monoisotopic (exact) mass is 263 g/mol. The van der Waals surface area contributed by atoms with Gasteiger partial charge in [0, 0.05) is 35.4 Å². The highest BCUT2D eigenvalue weighted by molar-refractivity contribution is 7.85. The molecule has 1 N–H and O–H groups in total. The molecule has 1 fully saturated rings. The van der Waals surface area contributed by atoms with Gasteiger partial charge in [0.05, 0.1) is 11.0 Å². The summed E-state index contributed by atoms with van der Waals surface area (Å²) < 4.78 is 13.4. The summed E-state index contributed by atoms with van der Waals surface area (Å²) in [6.45, 7) is 0. The first-order valence-corrected chi connectivity index (χ1v) is 7.76. The molecule has 1 aromatic heterocycles. The normalized spacial score (nSPS) is 24.3. The van der Waals surface area contributed by atoms with E-state index in [-0.39, 0.29) is 0 Å². The molecule has 4 nitrogen and oxygen atoms in total. The van der Waals surface area contributed by atoms with Gasteiger partial charge in [-0.2, -0.15) is 0 Å². The Labute approximate surface area is 109 Å². The van der Waals surface area contributed by atoms with Crippen molar-refractivity contribution in [3.63, 3.8) is 0 Å². The summed E-state index contributed by atoms with van der Waals surface area (Å²) in [5, 5.41) is 3.48. The molecule has 0 unspecified atom stereocenters. The third-order valence-electron chi connectivity index (χ3n) is 3.51. The summed E-state index contributed by atoms with van der Waals surface area (Å²) >= 11 is 0. The molecule has 2 heterocycles. The van der Waals surface area contributed by atoms with Crippen molar-refractivity contribution in [2.45, 2.75) is 18.9 Å². The third kappa shape index (κ3) is 2.14. The van der Waals surface area contributed by atoms with Crippen LogP contribution in [0.5, 0.6) is 0 Å². The molecule has 1 aliphatic heterocycles. The van der Waals surface area contributed by atoms with Crippen LogP contribution in [0.25, 0.3) is 11.0 Å². The molecule has 3 rings (SSSR count). The first-order chi connectivity index (χ1) is 8.74. The fourth-order valence-corrected chi connectivity index (χ4v) is 3.69. The lowest BCUT2D eigenvalue weighted by atomic mass is 10.2. The van der Waals surface area contributed by atoms with E-state index in [2.05, 4.69) is 20.9 Å². The van der Waals surface area contributed by atoms with Crippen molar-refractivity contribution in [2.24, 2.45) is 7.05 Å². The molecule has 0 atom stereocenters. The Morgan fingerprint density at radius 3 is 2.78 bits per heavy atom. The Bertz CT molecular complexity index is 583. The number of benzene rings is 1. The minimum atomic E-state index is -0.606. The van der Waals surface area contributed by atoms with Gasteiger partial charge in [-0.3, -0.25) is 4.21 Å². The van der Waals surface area contributed by atoms with Crippen molar-refractivity contribution in [1.82, 2.24) is 9.55 Å². The van der Waals surface area contributed by atoms with Gasteiger partial charge in [-0.25, -0.2) is 4.98 Å². The lowest BCUT2D eigenvalue weighted by Gasteiger charge is -2.22. The lowest BCUT2D eigenvalue weighted by molar-refractivity contribution is 0.618. The number of imidazole rings is 1. The van der Waals surface area contributed by atoms with Crippen molar-refractivity contribution in [2.75, 3.05) is 16.8 Å². The topological polar surface area (TPSA) is 46.9 Å². The van der Waals surface area contributed by atoms with Gasteiger partial charge in [-0.05, 0) is 25.0 Å². The van der Waals surface area contributed by atoms with E-state index in [0.717, 1.165) is 41.3 Å². The zero-order chi connectivity index (χ0) is 12.5. The average Bonchev–Trinajstić information content (AvgIpc) is 2.70. The van der Waals surface area contributed by atoms with Crippen LogP contribution >= 0.6 is 0 Å². The first kappa shape index (κ1) is 11.7. The van der Waals surface area contributed by atoms with Crippen LogP contribution in [0.2, 0.25) is 0 Å². The van der Waals surface area contributed by atoms with Gasteiger partial charge in [0.1, 0.15) is 0 Å². The standard InChI is InChI=1S/C13H17N3OS/c1-16-12-5-3-2-4-11(12)15-13(16)14-10-6-8-18(17)9-7-10/h2-5,10H,6-9H2,1H3,(H,14,15). The molecule has 0 amide bonds. The number of para-hydroxylation sites is 2. The van der Waals surface area contributed by atoms with Crippen LogP contribution in [-0.2, 0) is 17.8 Å². The van der Waals surface area contributed by atoms with Crippen molar-refractivity contribution < 1.29 is 4.21 Å². The zero-order valence-corrected chi connectivity index (χ0v) is 11.2. The molecule has 0 bridgehead atoms. The molecule has 2 aromatic rings. The van der Waals surface area contributed by atoms with Crippen LogP contribution in [0.15, 0.2) is 24.3 Å². The number of nitrogens with zero attached hydrogens (tertiary/aromatic N) is 2. The van der Waals surface area contributed by atoms with Crippen LogP contribution in [0.4, 0.5) is 5.95 Å². The summed E-state index contributed by atoms with van der Waals surface area (Å²) in [5.74, 6) is 2.53. The van der Waals surface area contributed by atoms with Crippen LogP contribution < -0.4 is 5.32 Å². The van der Waals surface area contributed by atoms with E-state index in [4.69, 9.17) is 0 Å². The van der Waals surface area contributed by atoms with Crippen LogP contribution in [0.3, 0.4) is 0 Å². The average molecular weight is 263 g/mol. The predicted octanol–water partition coefficient (Wildman–Crippen LogP) is 1.90. The number of fused-ring (bicyclic) bond motifs is 1. The molecule has 1 aromatic carbocycles. The smallest absolute Gasteiger partial charge is 0.203 e. The van der Waals surface area contributed by atoms with Crippen molar-refractivity contribution in [3.05, 3.63) is 24.3 Å². The lowest BCUT2D eigenvalue weighted by Crippen LogP contribution is -2.30. The van der Waals surface area contributed by atoms with Gasteiger partial charge in [0.25, 0.3) is 0 Å². The van der Waals surface area contributed by atoms with Gasteiger partial charge in [0.2, 0.25) is 5.95 Å². The second-order valence-corrected chi connectivity index (χ2v) is 6.45. The largest absolute Gasteiger partial charge is 0.353 e. The number of rotatable bonds is 2. The fraction of sp³-hybridized carbons (Fsp3) is 0.462. The second-order valence-electron chi connectivity index (χ2n) is 4.75. The highest BCUT2D eigenvalue weighted by Gasteiger charge is 2.19. The van der Waals surface area contributed by atoms with Crippen LogP contribution in [-0.4, -0.2) is 31.3 Å². The maximum Gasteiger partial charge on any atom is 0.203 e. The molecule has 1 aliphatic rings. The number of hydrogen-bond donors (Lipinski definition) is 1. The van der Waals surface area contributed by atoms with Gasteiger partial charge in [-0.1, -0.05) is 12.1 Å². The molecule has 5 heteroatoms. The minimum absolute atomic E-state index is 0.401. The fourth-order valence-electron chi connectivity index (χ4n) is 2.40. The molecule has 0 radical (unpaired) electrons. The summed E-state index contributed by atoms with van der Waals surface area (Å²) in [6.07, 6.45) is 1.94. The summed E-state index contributed by atoms with van der Waals surface area (Å²) in [6, 6.07) is 8.53. The maximum absolute atomic E-state index is 11.3. The SMILES string of the molecule is Cn1c(NC2CCS(=O)CC2)nc2ccccc21. The summed E-state index contributed by atoms with van der Waals surface area (Å²) in [4.78, 5) is 4.60. The van der Waals surface area contributed by atoms with E-state index in [1.54, 1.807) is 0 Å². The number of anilines is 1. The highest BCUT2D eigenvalue weighted by Crippen LogP contribution is 2.20. The summed E-state index contributed by atoms with van der Waals surface area (Å²) in [5.41, 5.74) is 2.15. The number of hydrogen-bond acceptors (Lipinski definition) is 3. The third-order valence-corrected chi connectivity index (χ3v) is 4.89. The minimum Gasteiger partial charge on any atom is -0.353 e. The van der Waals surface area contributed by atoms with Crippen molar-refractivity contribution >= 4 is 27.8 Å². The van der Waals surface area contributed by atoms with Gasteiger partial charge < -0.3 is 9.88 Å². The van der Waals surface area contributed by atoms with Crippen molar-refractivity contribution in [1.29, 1.82) is 0 Å². The van der Waals surface area contributed by atoms with Gasteiger partial charge in [-0.15, -0.1) is 0 Å².